The van der Waals surface area contributed by atoms with Gasteiger partial charge in [0, 0.05) is 17.6 Å². The number of nitrogens with zero attached hydrogens (tertiary/aromatic N) is 1. The lowest BCUT2D eigenvalue weighted by atomic mass is 10.0. The van der Waals surface area contributed by atoms with Crippen LogP contribution in [-0.2, 0) is 0 Å². The molecule has 1 aromatic carbocycles. The van der Waals surface area contributed by atoms with Crippen molar-refractivity contribution in [3.8, 4) is 17.2 Å². The molecule has 1 atom stereocenters. The number of hydrogen-bond donors (Lipinski definition) is 0. The van der Waals surface area contributed by atoms with Gasteiger partial charge in [0.2, 0.25) is 5.75 Å². The summed E-state index contributed by atoms with van der Waals surface area (Å²) in [6, 6.07) is 4.10. The molecule has 5 heteroatoms. The van der Waals surface area contributed by atoms with Gasteiger partial charge in [-0.25, -0.2) is 0 Å². The molecule has 0 N–H and O–H groups in total. The normalized spacial score (nSPS) is 17.8. The van der Waals surface area contributed by atoms with E-state index in [1.54, 1.807) is 19.2 Å². The van der Waals surface area contributed by atoms with Crippen molar-refractivity contribution in [1.29, 1.82) is 0 Å². The third kappa shape index (κ3) is 3.09. The molecule has 0 aromatic heterocycles. The molecule has 5 nitrogen and oxygen atoms in total. The van der Waals surface area contributed by atoms with Crippen LogP contribution >= 0.6 is 0 Å². The van der Waals surface area contributed by atoms with Crippen LogP contribution in [0.2, 0.25) is 0 Å². The quantitative estimate of drug-likeness (QED) is 0.836. The van der Waals surface area contributed by atoms with Gasteiger partial charge in [0.25, 0.3) is 5.91 Å². The molecule has 1 aliphatic heterocycles. The minimum Gasteiger partial charge on any atom is -0.493 e. The topological polar surface area (TPSA) is 48.0 Å². The van der Waals surface area contributed by atoms with Gasteiger partial charge < -0.3 is 19.1 Å². The maximum absolute atomic E-state index is 13.1. The maximum Gasteiger partial charge on any atom is 0.254 e. The van der Waals surface area contributed by atoms with Crippen molar-refractivity contribution < 1.29 is 19.0 Å². The Bertz CT molecular complexity index is 578. The monoisotopic (exact) mass is 319 g/mol. The predicted molar refractivity (Wildman–Crippen MR) is 87.5 cm³/mol. The third-order valence-corrected chi connectivity index (χ3v) is 4.65. The van der Waals surface area contributed by atoms with E-state index in [1.165, 1.54) is 0 Å². The van der Waals surface area contributed by atoms with E-state index >= 15 is 0 Å². The predicted octanol–water partition coefficient (Wildman–Crippen LogP) is 3.12. The summed E-state index contributed by atoms with van der Waals surface area (Å²) in [7, 11) is 1.58. The molecule has 1 aliphatic carbocycles. The number of hydrogen-bond acceptors (Lipinski definition) is 4. The molecule has 3 rings (SSSR count). The molecule has 0 spiro atoms. The van der Waals surface area contributed by atoms with Crippen molar-refractivity contribution in [3.63, 3.8) is 0 Å². The zero-order chi connectivity index (χ0) is 16.6. The summed E-state index contributed by atoms with van der Waals surface area (Å²) in [5, 5.41) is 0. The first-order chi connectivity index (χ1) is 11.0. The molecule has 0 bridgehead atoms. The summed E-state index contributed by atoms with van der Waals surface area (Å²) in [4.78, 5) is 15.1. The molecule has 0 radical (unpaired) electrons. The fourth-order valence-electron chi connectivity index (χ4n) is 2.90. The number of benzene rings is 1. The van der Waals surface area contributed by atoms with E-state index in [0.717, 1.165) is 12.8 Å². The van der Waals surface area contributed by atoms with Crippen molar-refractivity contribution in [2.45, 2.75) is 45.7 Å². The third-order valence-electron chi connectivity index (χ3n) is 4.65. The van der Waals surface area contributed by atoms with E-state index in [2.05, 4.69) is 20.8 Å². The van der Waals surface area contributed by atoms with Gasteiger partial charge in [0.05, 0.1) is 7.11 Å². The van der Waals surface area contributed by atoms with E-state index < -0.39 is 0 Å². The van der Waals surface area contributed by atoms with Crippen LogP contribution in [0.5, 0.6) is 17.2 Å². The smallest absolute Gasteiger partial charge is 0.254 e. The van der Waals surface area contributed by atoms with Crippen LogP contribution in [0.1, 0.15) is 44.0 Å². The Morgan fingerprint density at radius 2 is 1.91 bits per heavy atom. The summed E-state index contributed by atoms with van der Waals surface area (Å²) < 4.78 is 16.6. The zero-order valence-corrected chi connectivity index (χ0v) is 14.3. The summed E-state index contributed by atoms with van der Waals surface area (Å²) in [5.41, 5.74) is 0.602. The first kappa shape index (κ1) is 16.0. The minimum atomic E-state index is 0.0453. The van der Waals surface area contributed by atoms with Crippen LogP contribution in [0, 0.1) is 5.92 Å². The van der Waals surface area contributed by atoms with Crippen LogP contribution in [0.3, 0.4) is 0 Å². The standard InChI is InChI=1S/C18H25NO4/c1-11(2)12(3)19(14-5-6-14)18(20)13-9-15(21-4)17-16(10-13)22-7-8-23-17/h9-12,14H,5-8H2,1-4H3. The fraction of sp³-hybridized carbons (Fsp3) is 0.611. The molecule has 126 valence electrons. The zero-order valence-electron chi connectivity index (χ0n) is 14.3. The highest BCUT2D eigenvalue weighted by atomic mass is 16.6. The molecule has 1 heterocycles. The molecule has 1 aromatic rings. The van der Waals surface area contributed by atoms with Gasteiger partial charge in [-0.15, -0.1) is 0 Å². The number of ether oxygens (including phenoxy) is 3. The molecular weight excluding hydrogens is 294 g/mol. The Morgan fingerprint density at radius 1 is 1.22 bits per heavy atom. The molecule has 1 fully saturated rings. The summed E-state index contributed by atoms with van der Waals surface area (Å²) >= 11 is 0. The summed E-state index contributed by atoms with van der Waals surface area (Å²) in [5.74, 6) is 2.19. The molecule has 1 saturated carbocycles. The van der Waals surface area contributed by atoms with Crippen LogP contribution < -0.4 is 14.2 Å². The highest BCUT2D eigenvalue weighted by Gasteiger charge is 2.37. The first-order valence-electron chi connectivity index (χ1n) is 8.33. The Kier molecular flexibility index (Phi) is 4.37. The van der Waals surface area contributed by atoms with Gasteiger partial charge in [0.1, 0.15) is 13.2 Å². The van der Waals surface area contributed by atoms with E-state index in [-0.39, 0.29) is 11.9 Å². The van der Waals surface area contributed by atoms with Gasteiger partial charge in [-0.3, -0.25) is 4.79 Å². The average molecular weight is 319 g/mol. The van der Waals surface area contributed by atoms with Gasteiger partial charge >= 0.3 is 0 Å². The Labute approximate surface area is 137 Å². The number of fused-ring (bicyclic) bond motifs is 1. The number of carbonyl (C=O) groups excluding carboxylic acids is 1. The molecule has 2 aliphatic rings. The highest BCUT2D eigenvalue weighted by molar-refractivity contribution is 5.96. The van der Waals surface area contributed by atoms with E-state index in [9.17, 15) is 4.79 Å². The average Bonchev–Trinajstić information content (AvgIpc) is 3.38. The number of amides is 1. The summed E-state index contributed by atoms with van der Waals surface area (Å²) in [6.07, 6.45) is 2.18. The fourth-order valence-corrected chi connectivity index (χ4v) is 2.90. The molecule has 0 saturated heterocycles. The van der Waals surface area contributed by atoms with Gasteiger partial charge in [0.15, 0.2) is 11.5 Å². The van der Waals surface area contributed by atoms with Crippen LogP contribution in [-0.4, -0.2) is 43.2 Å². The van der Waals surface area contributed by atoms with Crippen molar-refractivity contribution >= 4 is 5.91 Å². The largest absolute Gasteiger partial charge is 0.493 e. The molecule has 23 heavy (non-hydrogen) atoms. The summed E-state index contributed by atoms with van der Waals surface area (Å²) in [6.45, 7) is 7.41. The van der Waals surface area contributed by atoms with Gasteiger partial charge in [-0.1, -0.05) is 13.8 Å². The van der Waals surface area contributed by atoms with Crippen LogP contribution in [0.25, 0.3) is 0 Å². The van der Waals surface area contributed by atoms with Crippen LogP contribution in [0.15, 0.2) is 12.1 Å². The van der Waals surface area contributed by atoms with E-state index in [1.807, 2.05) is 4.90 Å². The number of methoxy groups -OCH3 is 1. The van der Waals surface area contributed by atoms with Crippen LogP contribution in [0.4, 0.5) is 0 Å². The SMILES string of the molecule is COc1cc(C(=O)N(C2CC2)C(C)C(C)C)cc2c1OCCO2. The maximum atomic E-state index is 13.1. The minimum absolute atomic E-state index is 0.0453. The Balaban J connectivity index is 1.94. The first-order valence-corrected chi connectivity index (χ1v) is 8.33. The molecule has 1 amide bonds. The van der Waals surface area contributed by atoms with Crippen molar-refractivity contribution in [3.05, 3.63) is 17.7 Å². The second kappa shape index (κ2) is 6.30. The number of carbonyl (C=O) groups is 1. The number of rotatable bonds is 5. The van der Waals surface area contributed by atoms with Crippen molar-refractivity contribution in [2.24, 2.45) is 5.92 Å². The molecule has 1 unspecified atom stereocenters. The lowest BCUT2D eigenvalue weighted by Gasteiger charge is -2.32. The molecular formula is C18H25NO4. The lowest BCUT2D eigenvalue weighted by molar-refractivity contribution is 0.0626. The Morgan fingerprint density at radius 3 is 2.52 bits per heavy atom. The lowest BCUT2D eigenvalue weighted by Crippen LogP contribution is -2.43. The Hall–Kier alpha value is -1.91. The van der Waals surface area contributed by atoms with Crippen molar-refractivity contribution in [2.75, 3.05) is 20.3 Å². The highest BCUT2D eigenvalue weighted by Crippen LogP contribution is 2.41. The van der Waals surface area contributed by atoms with E-state index in [4.69, 9.17) is 14.2 Å². The van der Waals surface area contributed by atoms with E-state index in [0.29, 0.717) is 48.0 Å². The van der Waals surface area contributed by atoms with Crippen molar-refractivity contribution in [1.82, 2.24) is 4.90 Å². The second-order valence-corrected chi connectivity index (χ2v) is 6.63. The van der Waals surface area contributed by atoms with Gasteiger partial charge in [-0.2, -0.15) is 0 Å². The van der Waals surface area contributed by atoms with Gasteiger partial charge in [-0.05, 0) is 37.8 Å². The second-order valence-electron chi connectivity index (χ2n) is 6.63.